The third-order valence-corrected chi connectivity index (χ3v) is 3.94. The summed E-state index contributed by atoms with van der Waals surface area (Å²) in [6.07, 6.45) is 0.813. The zero-order chi connectivity index (χ0) is 17.1. The second-order valence-corrected chi connectivity index (χ2v) is 6.71. The van der Waals surface area contributed by atoms with Crippen LogP contribution in [-0.2, 0) is 0 Å². The maximum atomic E-state index is 5.83. The van der Waals surface area contributed by atoms with Crippen LogP contribution in [0.15, 0.2) is 41.5 Å². The minimum Gasteiger partial charge on any atom is -0.426 e. The highest BCUT2D eigenvalue weighted by atomic mass is 35.5. The van der Waals surface area contributed by atoms with Crippen LogP contribution < -0.4 is 9.08 Å². The van der Waals surface area contributed by atoms with Crippen LogP contribution in [0.25, 0.3) is 0 Å². The Morgan fingerprint density at radius 1 is 1.17 bits per heavy atom. The summed E-state index contributed by atoms with van der Waals surface area (Å²) in [6, 6.07) is 7.97. The summed E-state index contributed by atoms with van der Waals surface area (Å²) < 4.78 is 5.67. The van der Waals surface area contributed by atoms with Gasteiger partial charge in [-0.05, 0) is 38.1 Å². The zero-order valence-corrected chi connectivity index (χ0v) is 16.1. The van der Waals surface area contributed by atoms with Crippen LogP contribution >= 0.6 is 35.2 Å². The number of rotatable bonds is 11. The van der Waals surface area contributed by atoms with E-state index in [1.54, 1.807) is 0 Å². The fraction of sp³-hybridized carbons (Fsp3) is 0.471. The third-order valence-electron chi connectivity index (χ3n) is 2.92. The van der Waals surface area contributed by atoms with Crippen LogP contribution in [0.5, 0.6) is 5.75 Å². The van der Waals surface area contributed by atoms with Crippen molar-refractivity contribution in [2.75, 3.05) is 35.5 Å². The van der Waals surface area contributed by atoms with E-state index in [-0.39, 0.29) is 0 Å². The first-order chi connectivity index (χ1) is 11.1. The monoisotopic (exact) mass is 374 g/mol. The van der Waals surface area contributed by atoms with Crippen molar-refractivity contribution in [2.45, 2.75) is 20.3 Å². The SMILES string of the molecule is C=C(CCSOc1ccc(N(CCCl)CCCl)cc1)N=C(C)C. The van der Waals surface area contributed by atoms with Gasteiger partial charge in [-0.2, -0.15) is 0 Å². The van der Waals surface area contributed by atoms with E-state index < -0.39 is 0 Å². The van der Waals surface area contributed by atoms with E-state index in [0.717, 1.165) is 48.1 Å². The van der Waals surface area contributed by atoms with Gasteiger partial charge in [0.2, 0.25) is 0 Å². The molecule has 0 N–H and O–H groups in total. The number of benzene rings is 1. The van der Waals surface area contributed by atoms with Gasteiger partial charge in [0.25, 0.3) is 0 Å². The molecule has 0 unspecified atom stereocenters. The maximum Gasteiger partial charge on any atom is 0.137 e. The van der Waals surface area contributed by atoms with Crippen LogP contribution in [0.1, 0.15) is 20.3 Å². The number of aliphatic imine (C=N–C) groups is 1. The Labute approximate surface area is 153 Å². The highest BCUT2D eigenvalue weighted by Gasteiger charge is 2.05. The minimum atomic E-state index is 0.578. The molecule has 0 aromatic heterocycles. The molecule has 0 spiro atoms. The van der Waals surface area contributed by atoms with Crippen molar-refractivity contribution < 1.29 is 4.18 Å². The lowest BCUT2D eigenvalue weighted by atomic mass is 10.2. The van der Waals surface area contributed by atoms with Gasteiger partial charge >= 0.3 is 0 Å². The second-order valence-electron chi connectivity index (χ2n) is 5.14. The Hall–Kier alpha value is -0.840. The van der Waals surface area contributed by atoms with Crippen molar-refractivity contribution in [2.24, 2.45) is 4.99 Å². The summed E-state index contributed by atoms with van der Waals surface area (Å²) in [7, 11) is 0. The van der Waals surface area contributed by atoms with Crippen LogP contribution in [0, 0.1) is 0 Å². The highest BCUT2D eigenvalue weighted by Crippen LogP contribution is 2.23. The number of hydrogen-bond acceptors (Lipinski definition) is 4. The van der Waals surface area contributed by atoms with Crippen molar-refractivity contribution in [1.29, 1.82) is 0 Å². The van der Waals surface area contributed by atoms with E-state index >= 15 is 0 Å². The molecule has 1 aromatic carbocycles. The molecular formula is C17H24Cl2N2OS. The van der Waals surface area contributed by atoms with Crippen molar-refractivity contribution in [3.8, 4) is 5.75 Å². The van der Waals surface area contributed by atoms with Gasteiger partial charge in [0, 0.05) is 54.1 Å². The number of allylic oxidation sites excluding steroid dienone is 1. The Morgan fingerprint density at radius 3 is 2.30 bits per heavy atom. The van der Waals surface area contributed by atoms with Crippen LogP contribution in [0.2, 0.25) is 0 Å². The lowest BCUT2D eigenvalue weighted by Gasteiger charge is -2.22. The predicted octanol–water partition coefficient (Wildman–Crippen LogP) is 5.38. The van der Waals surface area contributed by atoms with Gasteiger partial charge in [-0.3, -0.25) is 4.99 Å². The minimum absolute atomic E-state index is 0.578. The van der Waals surface area contributed by atoms with E-state index in [1.807, 2.05) is 38.1 Å². The van der Waals surface area contributed by atoms with Crippen LogP contribution in [0.3, 0.4) is 0 Å². The number of halogens is 2. The largest absolute Gasteiger partial charge is 0.426 e. The van der Waals surface area contributed by atoms with Crippen molar-refractivity contribution in [1.82, 2.24) is 0 Å². The van der Waals surface area contributed by atoms with E-state index in [4.69, 9.17) is 27.4 Å². The first-order valence-electron chi connectivity index (χ1n) is 7.53. The smallest absolute Gasteiger partial charge is 0.137 e. The molecule has 1 aromatic rings. The van der Waals surface area contributed by atoms with E-state index in [1.165, 1.54) is 12.0 Å². The van der Waals surface area contributed by atoms with E-state index in [2.05, 4.69) is 16.5 Å². The molecular weight excluding hydrogens is 351 g/mol. The molecule has 0 aliphatic heterocycles. The van der Waals surface area contributed by atoms with Crippen molar-refractivity contribution in [3.05, 3.63) is 36.5 Å². The quantitative estimate of drug-likeness (QED) is 0.225. The number of alkyl halides is 2. The topological polar surface area (TPSA) is 24.8 Å². The lowest BCUT2D eigenvalue weighted by Crippen LogP contribution is -2.27. The summed E-state index contributed by atoms with van der Waals surface area (Å²) in [4.78, 5) is 6.47. The van der Waals surface area contributed by atoms with Gasteiger partial charge in [0.15, 0.2) is 0 Å². The molecule has 128 valence electrons. The van der Waals surface area contributed by atoms with Gasteiger partial charge < -0.3 is 9.08 Å². The fourth-order valence-corrected chi connectivity index (χ4v) is 2.99. The van der Waals surface area contributed by atoms with Gasteiger partial charge in [-0.15, -0.1) is 23.2 Å². The number of hydrogen-bond donors (Lipinski definition) is 0. The molecule has 0 heterocycles. The molecule has 6 heteroatoms. The molecule has 0 atom stereocenters. The molecule has 0 saturated heterocycles. The fourth-order valence-electron chi connectivity index (χ4n) is 1.93. The molecule has 0 amide bonds. The van der Waals surface area contributed by atoms with Gasteiger partial charge in [0.05, 0.1) is 12.0 Å². The first-order valence-corrected chi connectivity index (χ1v) is 9.51. The number of nitrogens with zero attached hydrogens (tertiary/aromatic N) is 2. The molecule has 0 saturated carbocycles. The van der Waals surface area contributed by atoms with E-state index in [0.29, 0.717) is 11.8 Å². The lowest BCUT2D eigenvalue weighted by molar-refractivity contribution is 0.645. The summed E-state index contributed by atoms with van der Waals surface area (Å²) in [5, 5.41) is 0. The molecule has 0 fully saturated rings. The zero-order valence-electron chi connectivity index (χ0n) is 13.7. The maximum absolute atomic E-state index is 5.83. The predicted molar refractivity (Wildman–Crippen MR) is 106 cm³/mol. The summed E-state index contributed by atoms with van der Waals surface area (Å²) in [5.41, 5.74) is 3.01. The molecule has 1 rings (SSSR count). The average molecular weight is 375 g/mol. The Balaban J connectivity index is 2.42. The van der Waals surface area contributed by atoms with Crippen LogP contribution in [-0.4, -0.2) is 36.3 Å². The first kappa shape index (κ1) is 20.2. The molecule has 23 heavy (non-hydrogen) atoms. The third kappa shape index (κ3) is 8.54. The Kier molecular flexibility index (Phi) is 10.2. The van der Waals surface area contributed by atoms with Crippen molar-refractivity contribution in [3.63, 3.8) is 0 Å². The second kappa shape index (κ2) is 11.7. The molecule has 3 nitrogen and oxygen atoms in total. The van der Waals surface area contributed by atoms with Crippen LogP contribution in [0.4, 0.5) is 5.69 Å². The number of anilines is 1. The molecule has 0 aliphatic rings. The molecule has 0 aliphatic carbocycles. The molecule has 0 radical (unpaired) electrons. The van der Waals surface area contributed by atoms with Gasteiger partial charge in [-0.25, -0.2) is 0 Å². The standard InChI is InChI=1S/C17H24Cl2N2OS/c1-14(2)20-15(3)8-13-23-22-17-6-4-16(5-7-17)21(11-9-18)12-10-19/h4-7H,3,8-13H2,1-2H3. The van der Waals surface area contributed by atoms with Gasteiger partial charge in [-0.1, -0.05) is 6.58 Å². The summed E-state index contributed by atoms with van der Waals surface area (Å²) in [5.74, 6) is 2.81. The highest BCUT2D eigenvalue weighted by molar-refractivity contribution is 7.95. The van der Waals surface area contributed by atoms with Crippen molar-refractivity contribution >= 4 is 46.6 Å². The Morgan fingerprint density at radius 2 is 1.78 bits per heavy atom. The summed E-state index contributed by atoms with van der Waals surface area (Å²) >= 11 is 13.1. The average Bonchev–Trinajstić information content (AvgIpc) is 2.51. The molecule has 0 bridgehead atoms. The van der Waals surface area contributed by atoms with E-state index in [9.17, 15) is 0 Å². The Bertz CT molecular complexity index is 496. The van der Waals surface area contributed by atoms with Gasteiger partial charge in [0.1, 0.15) is 5.75 Å². The summed E-state index contributed by atoms with van der Waals surface area (Å²) in [6.45, 7) is 9.42. The normalized spacial score (nSPS) is 10.3.